The van der Waals surface area contributed by atoms with Crippen LogP contribution in [-0.4, -0.2) is 46.5 Å². The third-order valence-electron chi connectivity index (χ3n) is 4.61. The van der Waals surface area contributed by atoms with Gasteiger partial charge in [-0.1, -0.05) is 31.1 Å². The Morgan fingerprint density at radius 1 is 1.23 bits per heavy atom. The van der Waals surface area contributed by atoms with Gasteiger partial charge in [0.15, 0.2) is 0 Å². The van der Waals surface area contributed by atoms with Crippen LogP contribution in [-0.2, 0) is 6.42 Å². The summed E-state index contributed by atoms with van der Waals surface area (Å²) in [5.74, 6) is 1.78. The molecule has 26 heavy (non-hydrogen) atoms. The zero-order valence-corrected chi connectivity index (χ0v) is 15.8. The normalized spacial score (nSPS) is 15.2. The lowest BCUT2D eigenvalue weighted by atomic mass is 10.1. The summed E-state index contributed by atoms with van der Waals surface area (Å²) in [5, 5.41) is 5.21. The molecule has 0 unspecified atom stereocenters. The molecule has 0 aliphatic carbocycles. The van der Waals surface area contributed by atoms with Crippen molar-refractivity contribution in [1.82, 2.24) is 14.4 Å². The Labute approximate surface area is 156 Å². The molecule has 0 atom stereocenters. The highest BCUT2D eigenvalue weighted by Gasteiger charge is 2.26. The van der Waals surface area contributed by atoms with Crippen LogP contribution in [0.5, 0.6) is 0 Å². The van der Waals surface area contributed by atoms with Gasteiger partial charge < -0.3 is 14.3 Å². The fourth-order valence-corrected chi connectivity index (χ4v) is 4.10. The summed E-state index contributed by atoms with van der Waals surface area (Å²) < 4.78 is 11.1. The maximum Gasteiger partial charge on any atom is 0.292 e. The molecular weight excluding hydrogens is 348 g/mol. The van der Waals surface area contributed by atoms with Crippen LogP contribution >= 0.6 is 11.5 Å². The number of rotatable bonds is 4. The van der Waals surface area contributed by atoms with E-state index in [2.05, 4.69) is 40.4 Å². The predicted octanol–water partition coefficient (Wildman–Crippen LogP) is 3.45. The molecule has 1 fully saturated rings. The molecule has 4 rings (SSSR count). The van der Waals surface area contributed by atoms with Crippen LogP contribution in [0.15, 0.2) is 34.9 Å². The van der Waals surface area contributed by atoms with Crippen molar-refractivity contribution >= 4 is 33.3 Å². The Morgan fingerprint density at radius 2 is 2.00 bits per heavy atom. The van der Waals surface area contributed by atoms with Crippen LogP contribution in [0.3, 0.4) is 0 Å². The SMILES string of the molecule is CC(C)Cc1cc(C(=O)N2CCN(c3nsc4ccccc34)CC2)on1. The van der Waals surface area contributed by atoms with Gasteiger partial charge in [-0.25, -0.2) is 0 Å². The number of carbonyl (C=O) groups excluding carboxylic acids is 1. The second-order valence-corrected chi connectivity index (χ2v) is 7.87. The molecule has 1 aliphatic heterocycles. The van der Waals surface area contributed by atoms with Crippen molar-refractivity contribution in [2.45, 2.75) is 20.3 Å². The summed E-state index contributed by atoms with van der Waals surface area (Å²) in [6.45, 7) is 7.10. The van der Waals surface area contributed by atoms with Crippen molar-refractivity contribution in [3.05, 3.63) is 41.8 Å². The van der Waals surface area contributed by atoms with Gasteiger partial charge >= 0.3 is 0 Å². The van der Waals surface area contributed by atoms with E-state index in [1.54, 1.807) is 6.07 Å². The van der Waals surface area contributed by atoms with E-state index in [1.807, 2.05) is 17.0 Å². The number of benzene rings is 1. The molecule has 0 spiro atoms. The lowest BCUT2D eigenvalue weighted by Gasteiger charge is -2.34. The number of carbonyl (C=O) groups is 1. The smallest absolute Gasteiger partial charge is 0.292 e. The van der Waals surface area contributed by atoms with Crippen molar-refractivity contribution in [3.63, 3.8) is 0 Å². The summed E-state index contributed by atoms with van der Waals surface area (Å²) in [5.41, 5.74) is 0.843. The number of anilines is 1. The quantitative estimate of drug-likeness (QED) is 0.704. The van der Waals surface area contributed by atoms with Gasteiger partial charge in [0.1, 0.15) is 5.82 Å². The minimum absolute atomic E-state index is 0.0738. The molecule has 1 amide bonds. The zero-order valence-electron chi connectivity index (χ0n) is 15.0. The Hall–Kier alpha value is -2.41. The zero-order chi connectivity index (χ0) is 18.1. The molecule has 0 radical (unpaired) electrons. The highest BCUT2D eigenvalue weighted by molar-refractivity contribution is 7.13. The number of fused-ring (bicyclic) bond motifs is 1. The molecule has 0 N–H and O–H groups in total. The Morgan fingerprint density at radius 3 is 2.77 bits per heavy atom. The first kappa shape index (κ1) is 17.0. The van der Waals surface area contributed by atoms with Gasteiger partial charge in [-0.05, 0) is 36.0 Å². The van der Waals surface area contributed by atoms with Crippen molar-refractivity contribution in [3.8, 4) is 0 Å². The molecule has 1 saturated heterocycles. The second kappa shape index (κ2) is 7.07. The summed E-state index contributed by atoms with van der Waals surface area (Å²) in [4.78, 5) is 16.8. The van der Waals surface area contributed by atoms with Gasteiger partial charge in [-0.15, -0.1) is 0 Å². The third-order valence-corrected chi connectivity index (χ3v) is 5.43. The number of hydrogen-bond acceptors (Lipinski definition) is 6. The minimum atomic E-state index is -0.0738. The summed E-state index contributed by atoms with van der Waals surface area (Å²) in [6.07, 6.45) is 0.821. The lowest BCUT2D eigenvalue weighted by molar-refractivity contribution is 0.0704. The number of nitrogens with zero attached hydrogens (tertiary/aromatic N) is 4. The third kappa shape index (κ3) is 3.31. The highest BCUT2D eigenvalue weighted by atomic mass is 32.1. The number of hydrogen-bond donors (Lipinski definition) is 0. The molecule has 2 aromatic heterocycles. The second-order valence-electron chi connectivity index (χ2n) is 7.06. The van der Waals surface area contributed by atoms with Crippen molar-refractivity contribution < 1.29 is 9.32 Å². The average molecular weight is 370 g/mol. The first-order valence-electron chi connectivity index (χ1n) is 8.96. The molecular formula is C19H22N4O2S. The van der Waals surface area contributed by atoms with E-state index in [1.165, 1.54) is 21.6 Å². The Kier molecular flexibility index (Phi) is 4.63. The topological polar surface area (TPSA) is 62.5 Å². The van der Waals surface area contributed by atoms with E-state index in [0.29, 0.717) is 24.8 Å². The van der Waals surface area contributed by atoms with Crippen LogP contribution in [0.4, 0.5) is 5.82 Å². The monoisotopic (exact) mass is 370 g/mol. The largest absolute Gasteiger partial charge is 0.352 e. The molecule has 6 nitrogen and oxygen atoms in total. The molecule has 1 aromatic carbocycles. The van der Waals surface area contributed by atoms with E-state index >= 15 is 0 Å². The number of piperazine rings is 1. The maximum atomic E-state index is 12.7. The Bertz CT molecular complexity index is 909. The van der Waals surface area contributed by atoms with Gasteiger partial charge in [0.25, 0.3) is 5.91 Å². The first-order chi connectivity index (χ1) is 12.6. The van der Waals surface area contributed by atoms with Gasteiger partial charge in [-0.3, -0.25) is 4.79 Å². The van der Waals surface area contributed by atoms with E-state index in [-0.39, 0.29) is 5.91 Å². The van der Waals surface area contributed by atoms with Crippen molar-refractivity contribution in [2.24, 2.45) is 5.92 Å². The lowest BCUT2D eigenvalue weighted by Crippen LogP contribution is -2.48. The van der Waals surface area contributed by atoms with Gasteiger partial charge in [0.2, 0.25) is 5.76 Å². The molecule has 0 saturated carbocycles. The van der Waals surface area contributed by atoms with Crippen LogP contribution < -0.4 is 4.90 Å². The molecule has 0 bridgehead atoms. The van der Waals surface area contributed by atoms with Crippen LogP contribution in [0, 0.1) is 5.92 Å². The van der Waals surface area contributed by atoms with E-state index in [9.17, 15) is 4.79 Å². The van der Waals surface area contributed by atoms with E-state index in [0.717, 1.165) is 31.0 Å². The van der Waals surface area contributed by atoms with Crippen LogP contribution in [0.25, 0.3) is 10.1 Å². The van der Waals surface area contributed by atoms with E-state index < -0.39 is 0 Å². The van der Waals surface area contributed by atoms with E-state index in [4.69, 9.17) is 4.52 Å². The minimum Gasteiger partial charge on any atom is -0.352 e. The molecule has 136 valence electrons. The number of aromatic nitrogens is 2. The first-order valence-corrected chi connectivity index (χ1v) is 9.73. The number of amides is 1. The molecule has 3 aromatic rings. The summed E-state index contributed by atoms with van der Waals surface area (Å²) in [6, 6.07) is 10.1. The van der Waals surface area contributed by atoms with Crippen molar-refractivity contribution in [2.75, 3.05) is 31.1 Å². The van der Waals surface area contributed by atoms with Crippen molar-refractivity contribution in [1.29, 1.82) is 0 Å². The van der Waals surface area contributed by atoms with Gasteiger partial charge in [0, 0.05) is 37.6 Å². The molecule has 3 heterocycles. The van der Waals surface area contributed by atoms with Crippen LogP contribution in [0.1, 0.15) is 30.1 Å². The van der Waals surface area contributed by atoms with Gasteiger partial charge in [-0.2, -0.15) is 4.37 Å². The average Bonchev–Trinajstić information content (AvgIpc) is 3.28. The fraction of sp³-hybridized carbons (Fsp3) is 0.421. The molecule has 7 heteroatoms. The fourth-order valence-electron chi connectivity index (χ4n) is 3.30. The van der Waals surface area contributed by atoms with Gasteiger partial charge in [0.05, 0.1) is 10.4 Å². The molecule has 1 aliphatic rings. The van der Waals surface area contributed by atoms with Crippen LogP contribution in [0.2, 0.25) is 0 Å². The maximum absolute atomic E-state index is 12.7. The summed E-state index contributed by atoms with van der Waals surface area (Å²) >= 11 is 1.52. The Balaban J connectivity index is 1.41. The summed E-state index contributed by atoms with van der Waals surface area (Å²) in [7, 11) is 0. The predicted molar refractivity (Wildman–Crippen MR) is 103 cm³/mol. The highest BCUT2D eigenvalue weighted by Crippen LogP contribution is 2.30. The standard InChI is InChI=1S/C19H22N4O2S/c1-13(2)11-14-12-16(25-20-14)19(24)23-9-7-22(8-10-23)18-15-5-3-4-6-17(15)26-21-18/h3-6,12-13H,7-11H2,1-2H3.